The molecule has 70 valence electrons. The molecule has 1 aromatic carbocycles. The summed E-state index contributed by atoms with van der Waals surface area (Å²) in [5.74, 6) is 1.74. The van der Waals surface area contributed by atoms with Gasteiger partial charge in [0.05, 0.1) is 10.7 Å². The van der Waals surface area contributed by atoms with Crippen molar-refractivity contribution in [3.8, 4) is 0 Å². The number of rotatable bonds is 1. The summed E-state index contributed by atoms with van der Waals surface area (Å²) >= 11 is 3.67. The van der Waals surface area contributed by atoms with Gasteiger partial charge in [-0.3, -0.25) is 0 Å². The van der Waals surface area contributed by atoms with Gasteiger partial charge in [0.15, 0.2) is 0 Å². The van der Waals surface area contributed by atoms with E-state index in [1.54, 1.807) is 0 Å². The third kappa shape index (κ3) is 2.42. The van der Waals surface area contributed by atoms with Crippen molar-refractivity contribution in [2.75, 3.05) is 11.5 Å². The zero-order valence-corrected chi connectivity index (χ0v) is 8.85. The van der Waals surface area contributed by atoms with Gasteiger partial charge >= 0.3 is 0 Å². The normalized spacial score (nSPS) is 28.7. The summed E-state index contributed by atoms with van der Waals surface area (Å²) in [6, 6.07) is 10.5. The molecule has 0 bridgehead atoms. The molecule has 1 fully saturated rings. The molecule has 3 heteroatoms. The van der Waals surface area contributed by atoms with Crippen molar-refractivity contribution in [2.24, 2.45) is 0 Å². The predicted octanol–water partition coefficient (Wildman–Crippen LogP) is 2.53. The minimum absolute atomic E-state index is 0.116. The molecule has 0 atom stereocenters. The fraction of sp³-hybridized carbons (Fsp3) is 0.400. The van der Waals surface area contributed by atoms with Gasteiger partial charge in [0.2, 0.25) is 0 Å². The Morgan fingerprint density at radius 3 is 2.31 bits per heavy atom. The molecule has 1 saturated heterocycles. The molecule has 0 amide bonds. The lowest BCUT2D eigenvalue weighted by atomic mass is 10.2. The third-order valence-corrected chi connectivity index (χ3v) is 5.07. The van der Waals surface area contributed by atoms with Gasteiger partial charge in [0.25, 0.3) is 0 Å². The maximum Gasteiger partial charge on any atom is 0.0753 e. The monoisotopic (exact) mass is 212 g/mol. The van der Waals surface area contributed by atoms with Gasteiger partial charge in [-0.15, -0.1) is 23.5 Å². The third-order valence-electron chi connectivity index (χ3n) is 1.95. The number of hydrogen-bond acceptors (Lipinski definition) is 3. The first-order valence-corrected chi connectivity index (χ1v) is 6.42. The molecule has 0 aromatic heterocycles. The maximum atomic E-state index is 9.33. The second kappa shape index (κ2) is 4.40. The molecule has 13 heavy (non-hydrogen) atoms. The molecule has 0 aliphatic carbocycles. The summed E-state index contributed by atoms with van der Waals surface area (Å²) < 4.78 is 0.518. The van der Waals surface area contributed by atoms with E-state index in [1.807, 2.05) is 29.6 Å². The quantitative estimate of drug-likeness (QED) is 0.772. The van der Waals surface area contributed by atoms with Crippen LogP contribution in [0.4, 0.5) is 0 Å². The molecule has 1 aliphatic rings. The van der Waals surface area contributed by atoms with Crippen LogP contribution in [0, 0.1) is 0 Å². The average molecular weight is 212 g/mol. The number of aliphatic hydroxyl groups excluding tert-OH is 1. The smallest absolute Gasteiger partial charge is 0.0753 e. The minimum Gasteiger partial charge on any atom is -0.391 e. The van der Waals surface area contributed by atoms with Crippen LogP contribution in [0.15, 0.2) is 30.3 Å². The lowest BCUT2D eigenvalue weighted by Crippen LogP contribution is -2.18. The van der Waals surface area contributed by atoms with Crippen molar-refractivity contribution in [1.82, 2.24) is 0 Å². The van der Waals surface area contributed by atoms with E-state index in [1.165, 1.54) is 5.56 Å². The van der Waals surface area contributed by atoms with E-state index in [0.29, 0.717) is 4.58 Å². The Labute approximate surface area is 86.9 Å². The topological polar surface area (TPSA) is 20.2 Å². The fourth-order valence-electron chi connectivity index (χ4n) is 1.30. The lowest BCUT2D eigenvalue weighted by molar-refractivity contribution is 0.224. The summed E-state index contributed by atoms with van der Waals surface area (Å²) in [6.07, 6.45) is -0.116. The lowest BCUT2D eigenvalue weighted by Gasteiger charge is -2.24. The van der Waals surface area contributed by atoms with Gasteiger partial charge in [-0.2, -0.15) is 0 Å². The van der Waals surface area contributed by atoms with Crippen LogP contribution in [0.3, 0.4) is 0 Å². The molecule has 1 aromatic rings. The maximum absolute atomic E-state index is 9.33. The number of thioether (sulfide) groups is 2. The van der Waals surface area contributed by atoms with Crippen molar-refractivity contribution >= 4 is 23.5 Å². The van der Waals surface area contributed by atoms with E-state index in [0.717, 1.165) is 11.5 Å². The van der Waals surface area contributed by atoms with Crippen molar-refractivity contribution in [3.63, 3.8) is 0 Å². The highest BCUT2D eigenvalue weighted by Gasteiger charge is 2.21. The highest BCUT2D eigenvalue weighted by Crippen LogP contribution is 2.43. The van der Waals surface area contributed by atoms with Gasteiger partial charge in [0, 0.05) is 11.5 Å². The van der Waals surface area contributed by atoms with Crippen LogP contribution in [-0.2, 0) is 0 Å². The van der Waals surface area contributed by atoms with E-state index in [2.05, 4.69) is 24.3 Å². The number of benzene rings is 1. The van der Waals surface area contributed by atoms with Crippen LogP contribution in [0.2, 0.25) is 0 Å². The first-order valence-electron chi connectivity index (χ1n) is 4.32. The van der Waals surface area contributed by atoms with Gasteiger partial charge in [-0.25, -0.2) is 0 Å². The SMILES string of the molecule is OC1CSC(c2ccccc2)SC1. The van der Waals surface area contributed by atoms with Crippen LogP contribution >= 0.6 is 23.5 Å². The van der Waals surface area contributed by atoms with Crippen molar-refractivity contribution in [2.45, 2.75) is 10.7 Å². The minimum atomic E-state index is -0.116. The standard InChI is InChI=1S/C10H12OS2/c11-9-6-12-10(13-7-9)8-4-2-1-3-5-8/h1-5,9-11H,6-7H2. The van der Waals surface area contributed by atoms with E-state index >= 15 is 0 Å². The Morgan fingerprint density at radius 2 is 1.69 bits per heavy atom. The summed E-state index contributed by atoms with van der Waals surface area (Å²) in [5, 5.41) is 9.33. The molecular formula is C10H12OS2. The van der Waals surface area contributed by atoms with Crippen LogP contribution in [0.25, 0.3) is 0 Å². The Kier molecular flexibility index (Phi) is 3.19. The van der Waals surface area contributed by atoms with Crippen LogP contribution < -0.4 is 0 Å². The summed E-state index contributed by atoms with van der Waals surface area (Å²) in [6.45, 7) is 0. The first kappa shape index (κ1) is 9.44. The zero-order chi connectivity index (χ0) is 9.10. The predicted molar refractivity (Wildman–Crippen MR) is 60.1 cm³/mol. The molecule has 1 heterocycles. The van der Waals surface area contributed by atoms with Crippen LogP contribution in [0.5, 0.6) is 0 Å². The van der Waals surface area contributed by atoms with E-state index in [-0.39, 0.29) is 6.10 Å². The molecule has 1 nitrogen and oxygen atoms in total. The molecule has 0 radical (unpaired) electrons. The highest BCUT2D eigenvalue weighted by atomic mass is 32.2. The second-order valence-electron chi connectivity index (χ2n) is 3.06. The Morgan fingerprint density at radius 1 is 1.08 bits per heavy atom. The van der Waals surface area contributed by atoms with Gasteiger partial charge in [-0.05, 0) is 5.56 Å². The van der Waals surface area contributed by atoms with E-state index < -0.39 is 0 Å². The summed E-state index contributed by atoms with van der Waals surface area (Å²) in [7, 11) is 0. The van der Waals surface area contributed by atoms with Crippen LogP contribution in [0.1, 0.15) is 10.1 Å². The Bertz CT molecular complexity index is 255. The van der Waals surface area contributed by atoms with E-state index in [9.17, 15) is 5.11 Å². The molecule has 0 spiro atoms. The van der Waals surface area contributed by atoms with Crippen LogP contribution in [-0.4, -0.2) is 22.7 Å². The number of hydrogen-bond donors (Lipinski definition) is 1. The fourth-order valence-corrected chi connectivity index (χ4v) is 4.03. The molecule has 0 unspecified atom stereocenters. The molecule has 2 rings (SSSR count). The molecule has 1 aliphatic heterocycles. The highest BCUT2D eigenvalue weighted by molar-refractivity contribution is 8.17. The molecule has 0 saturated carbocycles. The van der Waals surface area contributed by atoms with Crippen molar-refractivity contribution in [3.05, 3.63) is 35.9 Å². The van der Waals surface area contributed by atoms with Crippen molar-refractivity contribution in [1.29, 1.82) is 0 Å². The van der Waals surface area contributed by atoms with Gasteiger partial charge < -0.3 is 5.11 Å². The Hall–Kier alpha value is -0.120. The summed E-state index contributed by atoms with van der Waals surface area (Å²) in [5.41, 5.74) is 1.37. The largest absolute Gasteiger partial charge is 0.391 e. The van der Waals surface area contributed by atoms with Gasteiger partial charge in [-0.1, -0.05) is 30.3 Å². The Balaban J connectivity index is 2.03. The number of aliphatic hydroxyl groups is 1. The van der Waals surface area contributed by atoms with Gasteiger partial charge in [0.1, 0.15) is 0 Å². The molecular weight excluding hydrogens is 200 g/mol. The van der Waals surface area contributed by atoms with E-state index in [4.69, 9.17) is 0 Å². The summed E-state index contributed by atoms with van der Waals surface area (Å²) in [4.78, 5) is 0. The second-order valence-corrected chi connectivity index (χ2v) is 5.64. The first-order chi connectivity index (χ1) is 6.36. The average Bonchev–Trinajstić information content (AvgIpc) is 2.20. The molecule has 1 N–H and O–H groups in total. The van der Waals surface area contributed by atoms with Crippen molar-refractivity contribution < 1.29 is 5.11 Å². The zero-order valence-electron chi connectivity index (χ0n) is 7.22.